The minimum atomic E-state index is 0.0400. The molecule has 0 aromatic carbocycles. The molecule has 2 heteroatoms. The SMILES string of the molecule is CC1(C)C2CCC1(C)C1(C2)CC(CO)(CCO)C1. The smallest absolute Gasteiger partial charge is 0.0488 e. The molecule has 2 unspecified atom stereocenters. The van der Waals surface area contributed by atoms with Gasteiger partial charge in [-0.25, -0.2) is 0 Å². The quantitative estimate of drug-likeness (QED) is 0.810. The Morgan fingerprint density at radius 1 is 1.11 bits per heavy atom. The molecule has 0 radical (unpaired) electrons. The third-order valence-electron chi connectivity index (χ3n) is 7.65. The summed E-state index contributed by atoms with van der Waals surface area (Å²) in [6.45, 7) is 7.91. The third-order valence-corrected chi connectivity index (χ3v) is 7.65. The first-order chi connectivity index (χ1) is 8.35. The van der Waals surface area contributed by atoms with Crippen LogP contribution in [0.2, 0.25) is 0 Å². The molecule has 3 saturated carbocycles. The molecule has 0 aromatic rings. The maximum Gasteiger partial charge on any atom is 0.0488 e. The lowest BCUT2D eigenvalue weighted by Gasteiger charge is -2.63. The van der Waals surface area contributed by atoms with Crippen LogP contribution in [-0.2, 0) is 0 Å². The first kappa shape index (κ1) is 12.9. The molecule has 3 fully saturated rings. The molecule has 104 valence electrons. The van der Waals surface area contributed by atoms with Gasteiger partial charge >= 0.3 is 0 Å². The molecule has 2 atom stereocenters. The second-order valence-corrected chi connectivity index (χ2v) is 8.26. The van der Waals surface area contributed by atoms with Crippen molar-refractivity contribution in [2.24, 2.45) is 27.6 Å². The summed E-state index contributed by atoms with van der Waals surface area (Å²) in [5.41, 5.74) is 1.43. The lowest BCUT2D eigenvalue weighted by molar-refractivity contribution is -0.161. The van der Waals surface area contributed by atoms with Crippen LogP contribution in [0.15, 0.2) is 0 Å². The van der Waals surface area contributed by atoms with E-state index in [0.29, 0.717) is 16.2 Å². The van der Waals surface area contributed by atoms with Gasteiger partial charge in [0.05, 0.1) is 0 Å². The van der Waals surface area contributed by atoms with E-state index in [-0.39, 0.29) is 18.6 Å². The summed E-state index contributed by atoms with van der Waals surface area (Å²) in [5.74, 6) is 0.883. The molecule has 3 aliphatic rings. The van der Waals surface area contributed by atoms with Crippen LogP contribution in [0, 0.1) is 27.6 Å². The summed E-state index contributed by atoms with van der Waals surface area (Å²) in [6, 6.07) is 0. The van der Waals surface area contributed by atoms with Crippen LogP contribution >= 0.6 is 0 Å². The van der Waals surface area contributed by atoms with E-state index in [4.69, 9.17) is 0 Å². The van der Waals surface area contributed by atoms with Crippen LogP contribution in [0.4, 0.5) is 0 Å². The van der Waals surface area contributed by atoms with Crippen molar-refractivity contribution in [3.05, 3.63) is 0 Å². The fourth-order valence-electron chi connectivity index (χ4n) is 6.12. The van der Waals surface area contributed by atoms with Crippen molar-refractivity contribution in [2.45, 2.75) is 59.3 Å². The Morgan fingerprint density at radius 3 is 2.17 bits per heavy atom. The summed E-state index contributed by atoms with van der Waals surface area (Å²) in [6.07, 6.45) is 7.21. The van der Waals surface area contributed by atoms with Gasteiger partial charge in [0.15, 0.2) is 0 Å². The molecule has 2 bridgehead atoms. The minimum Gasteiger partial charge on any atom is -0.396 e. The number of hydrogen-bond donors (Lipinski definition) is 2. The Balaban J connectivity index is 1.85. The first-order valence-corrected chi connectivity index (χ1v) is 7.57. The van der Waals surface area contributed by atoms with Gasteiger partial charge in [-0.1, -0.05) is 20.8 Å². The first-order valence-electron chi connectivity index (χ1n) is 7.57. The van der Waals surface area contributed by atoms with Crippen LogP contribution in [0.3, 0.4) is 0 Å². The van der Waals surface area contributed by atoms with Gasteiger partial charge in [0.1, 0.15) is 0 Å². The fraction of sp³-hybridized carbons (Fsp3) is 1.00. The average Bonchev–Trinajstić information content (AvgIpc) is 2.59. The second kappa shape index (κ2) is 3.52. The summed E-state index contributed by atoms with van der Waals surface area (Å²) in [5, 5.41) is 18.9. The number of aliphatic hydroxyl groups excluding tert-OH is 2. The van der Waals surface area contributed by atoms with Crippen molar-refractivity contribution in [1.29, 1.82) is 0 Å². The zero-order valence-electron chi connectivity index (χ0n) is 12.1. The van der Waals surface area contributed by atoms with Crippen LogP contribution in [0.1, 0.15) is 59.3 Å². The molecule has 0 aromatic heterocycles. The molecule has 2 nitrogen and oxygen atoms in total. The van der Waals surface area contributed by atoms with Gasteiger partial charge in [-0.15, -0.1) is 0 Å². The highest BCUT2D eigenvalue weighted by molar-refractivity contribution is 5.22. The molecule has 0 saturated heterocycles. The molecule has 3 aliphatic carbocycles. The maximum atomic E-state index is 9.68. The van der Waals surface area contributed by atoms with Gasteiger partial charge in [-0.3, -0.25) is 0 Å². The van der Waals surface area contributed by atoms with Gasteiger partial charge in [0.25, 0.3) is 0 Å². The molecule has 1 spiro atoms. The number of aliphatic hydroxyl groups is 2. The van der Waals surface area contributed by atoms with Gasteiger partial charge in [-0.05, 0) is 66.1 Å². The normalized spacial score (nSPS) is 52.8. The van der Waals surface area contributed by atoms with E-state index in [1.807, 2.05) is 0 Å². The minimum absolute atomic E-state index is 0.0400. The third kappa shape index (κ3) is 1.22. The Labute approximate surface area is 111 Å². The van der Waals surface area contributed by atoms with Crippen LogP contribution in [0.25, 0.3) is 0 Å². The molecule has 0 amide bonds. The molecule has 18 heavy (non-hydrogen) atoms. The van der Waals surface area contributed by atoms with Gasteiger partial charge in [0, 0.05) is 13.2 Å². The van der Waals surface area contributed by atoms with Gasteiger partial charge in [0.2, 0.25) is 0 Å². The van der Waals surface area contributed by atoms with Crippen molar-refractivity contribution in [3.63, 3.8) is 0 Å². The lowest BCUT2D eigenvalue weighted by Crippen LogP contribution is -2.56. The molecular weight excluding hydrogens is 224 g/mol. The highest BCUT2D eigenvalue weighted by atomic mass is 16.3. The summed E-state index contributed by atoms with van der Waals surface area (Å²) in [7, 11) is 0. The van der Waals surface area contributed by atoms with E-state index in [1.54, 1.807) is 0 Å². The van der Waals surface area contributed by atoms with E-state index in [9.17, 15) is 10.2 Å². The van der Waals surface area contributed by atoms with E-state index >= 15 is 0 Å². The maximum absolute atomic E-state index is 9.68. The number of hydrogen-bond acceptors (Lipinski definition) is 2. The average molecular weight is 252 g/mol. The van der Waals surface area contributed by atoms with Crippen molar-refractivity contribution >= 4 is 0 Å². The molecule has 0 aliphatic heterocycles. The van der Waals surface area contributed by atoms with Gasteiger partial charge < -0.3 is 10.2 Å². The number of fused-ring (bicyclic) bond motifs is 3. The van der Waals surface area contributed by atoms with E-state index in [1.165, 1.54) is 19.3 Å². The van der Waals surface area contributed by atoms with Crippen LogP contribution < -0.4 is 0 Å². The van der Waals surface area contributed by atoms with E-state index in [0.717, 1.165) is 25.2 Å². The van der Waals surface area contributed by atoms with E-state index in [2.05, 4.69) is 20.8 Å². The molecule has 3 rings (SSSR count). The fourth-order valence-corrected chi connectivity index (χ4v) is 6.12. The van der Waals surface area contributed by atoms with Crippen molar-refractivity contribution in [3.8, 4) is 0 Å². The number of rotatable bonds is 3. The van der Waals surface area contributed by atoms with Crippen molar-refractivity contribution in [2.75, 3.05) is 13.2 Å². The largest absolute Gasteiger partial charge is 0.396 e. The Hall–Kier alpha value is -0.0800. The predicted molar refractivity (Wildman–Crippen MR) is 72.1 cm³/mol. The van der Waals surface area contributed by atoms with Crippen molar-refractivity contribution in [1.82, 2.24) is 0 Å². The highest BCUT2D eigenvalue weighted by Gasteiger charge is 2.73. The molecule has 0 heterocycles. The predicted octanol–water partition coefficient (Wildman–Crippen LogP) is 2.97. The van der Waals surface area contributed by atoms with Crippen molar-refractivity contribution < 1.29 is 10.2 Å². The lowest BCUT2D eigenvalue weighted by atomic mass is 9.41. The Kier molecular flexibility index (Phi) is 2.53. The Bertz CT molecular complexity index is 354. The topological polar surface area (TPSA) is 40.5 Å². The zero-order chi connectivity index (χ0) is 13.2. The second-order valence-electron chi connectivity index (χ2n) is 8.26. The monoisotopic (exact) mass is 252 g/mol. The highest BCUT2D eigenvalue weighted by Crippen LogP contribution is 2.81. The molecular formula is C16H28O2. The summed E-state index contributed by atoms with van der Waals surface area (Å²) < 4.78 is 0. The van der Waals surface area contributed by atoms with Crippen LogP contribution in [0.5, 0.6) is 0 Å². The van der Waals surface area contributed by atoms with Crippen LogP contribution in [-0.4, -0.2) is 23.4 Å². The Morgan fingerprint density at radius 2 is 1.78 bits per heavy atom. The zero-order valence-corrected chi connectivity index (χ0v) is 12.1. The van der Waals surface area contributed by atoms with E-state index < -0.39 is 0 Å². The summed E-state index contributed by atoms with van der Waals surface area (Å²) in [4.78, 5) is 0. The standard InChI is InChI=1S/C16H28O2/c1-13(2)12-4-5-14(13,3)16(8-12)9-15(10-16,11-18)6-7-17/h12,17-18H,4-11H2,1-3H3. The van der Waals surface area contributed by atoms with Gasteiger partial charge in [-0.2, -0.15) is 0 Å². The summed E-state index contributed by atoms with van der Waals surface area (Å²) >= 11 is 0. The molecule has 2 N–H and O–H groups in total.